The Hall–Kier alpha value is -3.69. The van der Waals surface area contributed by atoms with Crippen LogP contribution in [-0.4, -0.2) is 69.6 Å². The summed E-state index contributed by atoms with van der Waals surface area (Å²) in [4.78, 5) is 11.6. The summed E-state index contributed by atoms with van der Waals surface area (Å²) in [6.07, 6.45) is 32.9. The third-order valence-corrected chi connectivity index (χ3v) is 8.47. The first-order valence-electron chi connectivity index (χ1n) is 18.6. The molecule has 0 unspecified atom stereocenters. The zero-order valence-corrected chi connectivity index (χ0v) is 33.5. The fourth-order valence-electron chi connectivity index (χ4n) is 5.15. The van der Waals surface area contributed by atoms with Crippen LogP contribution in [0.1, 0.15) is 94.4 Å². The van der Waals surface area contributed by atoms with Gasteiger partial charge in [-0.15, -0.1) is 0 Å². The Morgan fingerprint density at radius 1 is 0.660 bits per heavy atom. The van der Waals surface area contributed by atoms with Crippen molar-refractivity contribution in [1.29, 1.82) is 0 Å². The minimum Gasteiger partial charge on any atom is -0.394 e. The molecule has 1 fully saturated rings. The highest BCUT2D eigenvalue weighted by Crippen LogP contribution is 2.28. The Morgan fingerprint density at radius 3 is 1.72 bits per heavy atom. The van der Waals surface area contributed by atoms with E-state index in [1.807, 2.05) is 76.3 Å². The number of hydrogen-bond donors (Lipinski definition) is 4. The van der Waals surface area contributed by atoms with E-state index >= 15 is 0 Å². The molecule has 292 valence electrons. The second-order valence-electron chi connectivity index (χ2n) is 14.6. The summed E-state index contributed by atoms with van der Waals surface area (Å²) in [5, 5.41) is 39.7. The SMILES string of the molecule is CC(C)=CCC/C(C)=C/C=C\C(C)=C\C=C/C(C)=C/C=C\C=C(C=O)/C=C\C=C(C)\C=C/C=C(/C)CCCC(C)(C)O[C@@H]1O[C@H](CO)[C@@H](O)[C@H](O)[C@H]1O. The molecule has 0 saturated carbocycles. The van der Waals surface area contributed by atoms with Crippen molar-refractivity contribution in [3.8, 4) is 0 Å². The fourth-order valence-corrected chi connectivity index (χ4v) is 5.15. The molecule has 0 aliphatic carbocycles. The molecule has 4 N–H and O–H groups in total. The van der Waals surface area contributed by atoms with Crippen LogP contribution in [0.2, 0.25) is 0 Å². The lowest BCUT2D eigenvalue weighted by atomic mass is 9.96. The predicted octanol–water partition coefficient (Wildman–Crippen LogP) is 9.14. The molecule has 7 nitrogen and oxygen atoms in total. The molecule has 1 saturated heterocycles. The zero-order valence-electron chi connectivity index (χ0n) is 33.5. The van der Waals surface area contributed by atoms with Crippen molar-refractivity contribution >= 4 is 6.29 Å². The molecule has 53 heavy (non-hydrogen) atoms. The first-order chi connectivity index (χ1) is 25.1. The van der Waals surface area contributed by atoms with Crippen LogP contribution < -0.4 is 0 Å². The maximum Gasteiger partial charge on any atom is 0.187 e. The lowest BCUT2D eigenvalue weighted by Crippen LogP contribution is -2.60. The molecule has 0 bridgehead atoms. The number of aldehydes is 1. The Morgan fingerprint density at radius 2 is 1.17 bits per heavy atom. The number of aliphatic hydroxyl groups excluding tert-OH is 4. The van der Waals surface area contributed by atoms with Gasteiger partial charge in [0.1, 0.15) is 30.7 Å². The normalized spacial score (nSPS) is 23.5. The van der Waals surface area contributed by atoms with Crippen LogP contribution in [0.3, 0.4) is 0 Å². The second kappa shape index (κ2) is 26.1. The molecule has 0 aromatic carbocycles. The monoisotopic (exact) mass is 730 g/mol. The molecule has 7 heteroatoms. The Balaban J connectivity index is 2.57. The van der Waals surface area contributed by atoms with E-state index in [1.54, 1.807) is 12.2 Å². The van der Waals surface area contributed by atoms with Crippen molar-refractivity contribution in [3.05, 3.63) is 142 Å². The maximum absolute atomic E-state index is 11.6. The average molecular weight is 731 g/mol. The topological polar surface area (TPSA) is 116 Å². The van der Waals surface area contributed by atoms with Gasteiger partial charge < -0.3 is 29.9 Å². The van der Waals surface area contributed by atoms with Gasteiger partial charge in [-0.1, -0.05) is 137 Å². The molecule has 5 atom stereocenters. The maximum atomic E-state index is 11.6. The van der Waals surface area contributed by atoms with Crippen LogP contribution in [0.5, 0.6) is 0 Å². The highest BCUT2D eigenvalue weighted by atomic mass is 16.7. The van der Waals surface area contributed by atoms with Crippen LogP contribution in [0.4, 0.5) is 0 Å². The van der Waals surface area contributed by atoms with Gasteiger partial charge in [-0.2, -0.15) is 0 Å². The number of carbonyl (C=O) groups is 1. The number of rotatable bonds is 21. The van der Waals surface area contributed by atoms with Crippen molar-refractivity contribution in [2.24, 2.45) is 0 Å². The van der Waals surface area contributed by atoms with Crippen molar-refractivity contribution in [2.75, 3.05) is 6.61 Å². The summed E-state index contributed by atoms with van der Waals surface area (Å²) in [6, 6.07) is 0. The molecule has 0 spiro atoms. The van der Waals surface area contributed by atoms with E-state index in [-0.39, 0.29) is 0 Å². The summed E-state index contributed by atoms with van der Waals surface area (Å²) in [7, 11) is 0. The van der Waals surface area contributed by atoms with E-state index < -0.39 is 42.9 Å². The molecule has 1 rings (SSSR count). The molecule has 1 heterocycles. The second-order valence-corrected chi connectivity index (χ2v) is 14.6. The Bertz CT molecular complexity index is 1500. The molecule has 0 amide bonds. The van der Waals surface area contributed by atoms with Crippen molar-refractivity contribution in [1.82, 2.24) is 0 Å². The Kier molecular flexibility index (Phi) is 23.3. The number of ether oxygens (including phenoxy) is 2. The molecule has 0 radical (unpaired) electrons. The number of carbonyl (C=O) groups excluding carboxylic acids is 1. The molecular weight excluding hydrogens is 664 g/mol. The molecule has 0 aromatic rings. The van der Waals surface area contributed by atoms with Gasteiger partial charge in [0, 0.05) is 5.57 Å². The van der Waals surface area contributed by atoms with Crippen LogP contribution in [-0.2, 0) is 14.3 Å². The van der Waals surface area contributed by atoms with E-state index in [0.717, 1.165) is 43.1 Å². The standard InChI is InChI=1S/C46H66O7/c1-34(2)18-12-20-36(4)22-14-24-37(5)23-13-21-35(3)19-10-11-29-40(32-47)30-16-27-38(6)25-15-26-39(7)28-17-31-46(8,9)53-45-44(51)43(50)42(49)41(33-48)52-45/h10-11,13-16,18-19,21-27,29-30,32,41-45,48-51H,12,17,20,28,31,33H2,1-9H3/b11-10-,21-13-,24-14-,25-15-,30-16-,35-19+,36-22+,37-23+,38-27+,39-26-,40-29+/t41-,42-,43+,44-,45+/m1/s1. The van der Waals surface area contributed by atoms with Crippen molar-refractivity contribution in [2.45, 2.75) is 131 Å². The van der Waals surface area contributed by atoms with E-state index in [9.17, 15) is 25.2 Å². The van der Waals surface area contributed by atoms with Crippen molar-refractivity contribution < 1.29 is 34.7 Å². The van der Waals surface area contributed by atoms with E-state index in [1.165, 1.54) is 22.3 Å². The van der Waals surface area contributed by atoms with E-state index in [0.29, 0.717) is 12.0 Å². The minimum absolute atomic E-state index is 0.493. The summed E-state index contributed by atoms with van der Waals surface area (Å²) >= 11 is 0. The summed E-state index contributed by atoms with van der Waals surface area (Å²) in [5.74, 6) is 0. The van der Waals surface area contributed by atoms with Gasteiger partial charge in [-0.05, 0) is 94.4 Å². The number of hydrogen-bond acceptors (Lipinski definition) is 7. The summed E-state index contributed by atoms with van der Waals surface area (Å²) in [5.41, 5.74) is 7.13. The average Bonchev–Trinajstić information content (AvgIpc) is 3.09. The van der Waals surface area contributed by atoms with E-state index in [4.69, 9.17) is 9.47 Å². The van der Waals surface area contributed by atoms with Crippen LogP contribution in [0, 0.1) is 0 Å². The number of allylic oxidation sites excluding steroid dienone is 24. The highest BCUT2D eigenvalue weighted by Gasteiger charge is 2.45. The molecule has 1 aliphatic rings. The van der Waals surface area contributed by atoms with Gasteiger partial charge in [0.15, 0.2) is 6.29 Å². The zero-order chi connectivity index (χ0) is 39.8. The Labute approximate surface area is 319 Å². The minimum atomic E-state index is -1.46. The highest BCUT2D eigenvalue weighted by molar-refractivity contribution is 5.78. The van der Waals surface area contributed by atoms with Gasteiger partial charge >= 0.3 is 0 Å². The van der Waals surface area contributed by atoms with E-state index in [2.05, 4.69) is 77.2 Å². The smallest absolute Gasteiger partial charge is 0.187 e. The van der Waals surface area contributed by atoms with Crippen LogP contribution in [0.15, 0.2) is 142 Å². The van der Waals surface area contributed by atoms with Crippen LogP contribution in [0.25, 0.3) is 0 Å². The number of aliphatic hydroxyl groups is 4. The van der Waals surface area contributed by atoms with Gasteiger partial charge in [-0.3, -0.25) is 4.79 Å². The quantitative estimate of drug-likeness (QED) is 0.0403. The van der Waals surface area contributed by atoms with Crippen LogP contribution >= 0.6 is 0 Å². The molecule has 0 aromatic heterocycles. The van der Waals surface area contributed by atoms with Crippen molar-refractivity contribution in [3.63, 3.8) is 0 Å². The van der Waals surface area contributed by atoms with Gasteiger partial charge in [0.2, 0.25) is 0 Å². The predicted molar refractivity (Wildman–Crippen MR) is 220 cm³/mol. The lowest BCUT2D eigenvalue weighted by molar-refractivity contribution is -0.323. The van der Waals surface area contributed by atoms with Gasteiger partial charge in [-0.25, -0.2) is 0 Å². The van der Waals surface area contributed by atoms with Gasteiger partial charge in [0.25, 0.3) is 0 Å². The summed E-state index contributed by atoms with van der Waals surface area (Å²) < 4.78 is 11.4. The largest absolute Gasteiger partial charge is 0.394 e. The summed E-state index contributed by atoms with van der Waals surface area (Å²) in [6.45, 7) is 17.9. The van der Waals surface area contributed by atoms with Gasteiger partial charge in [0.05, 0.1) is 12.2 Å². The molecule has 1 aliphatic heterocycles. The lowest BCUT2D eigenvalue weighted by Gasteiger charge is -2.42. The molecular formula is C46H66O7. The fraction of sp³-hybridized carbons (Fsp3) is 0.457. The third kappa shape index (κ3) is 21.6. The first kappa shape index (κ1) is 47.3. The first-order valence-corrected chi connectivity index (χ1v) is 18.6. The third-order valence-electron chi connectivity index (χ3n) is 8.47.